The normalized spacial score (nSPS) is 22.0. The predicted molar refractivity (Wildman–Crippen MR) is 102 cm³/mol. The second kappa shape index (κ2) is 7.60. The van der Waals surface area contributed by atoms with Gasteiger partial charge >= 0.3 is 0 Å². The molecule has 2 saturated heterocycles. The first-order valence-corrected chi connectivity index (χ1v) is 9.83. The monoisotopic (exact) mass is 373 g/mol. The molecule has 3 heterocycles. The highest BCUT2D eigenvalue weighted by molar-refractivity contribution is 5.56. The van der Waals surface area contributed by atoms with Crippen molar-refractivity contribution in [2.75, 3.05) is 26.7 Å². The Balaban J connectivity index is 1.40. The fraction of sp³-hybridized carbons (Fsp3) is 0.571. The summed E-state index contributed by atoms with van der Waals surface area (Å²) in [6.45, 7) is 8.37. The highest BCUT2D eigenvalue weighted by atomic mass is 19.1. The van der Waals surface area contributed by atoms with Gasteiger partial charge in [-0.2, -0.15) is 0 Å². The molecule has 0 amide bonds. The molecule has 4 rings (SSSR count). The van der Waals surface area contributed by atoms with Gasteiger partial charge in [0, 0.05) is 37.8 Å². The molecule has 0 radical (unpaired) electrons. The highest BCUT2D eigenvalue weighted by Gasteiger charge is 2.35. The number of methoxy groups -OCH3 is 1. The number of hydrogen-bond donors (Lipinski definition) is 0. The summed E-state index contributed by atoms with van der Waals surface area (Å²) in [5.74, 6) is 1.20. The van der Waals surface area contributed by atoms with Crippen molar-refractivity contribution in [1.82, 2.24) is 14.8 Å². The summed E-state index contributed by atoms with van der Waals surface area (Å²) in [6, 6.07) is 6.09. The van der Waals surface area contributed by atoms with Crippen LogP contribution in [0.2, 0.25) is 0 Å². The lowest BCUT2D eigenvalue weighted by atomic mass is 9.97. The molecule has 0 aliphatic carbocycles. The van der Waals surface area contributed by atoms with E-state index in [1.54, 1.807) is 12.1 Å². The van der Waals surface area contributed by atoms with E-state index in [9.17, 15) is 4.39 Å². The Hall–Kier alpha value is -1.92. The molecule has 0 N–H and O–H groups in total. The van der Waals surface area contributed by atoms with Gasteiger partial charge in [0.15, 0.2) is 0 Å². The van der Waals surface area contributed by atoms with Gasteiger partial charge in [-0.05, 0) is 45.4 Å². The van der Waals surface area contributed by atoms with Crippen LogP contribution in [0.5, 0.6) is 5.75 Å². The molecule has 146 valence electrons. The minimum Gasteiger partial charge on any atom is -0.497 e. The van der Waals surface area contributed by atoms with Gasteiger partial charge in [-0.3, -0.25) is 9.80 Å². The van der Waals surface area contributed by atoms with Gasteiger partial charge in [-0.1, -0.05) is 6.42 Å². The molecule has 27 heavy (non-hydrogen) atoms. The molecule has 1 atom stereocenters. The first-order valence-electron chi connectivity index (χ1n) is 9.83. The number of rotatable bonds is 5. The van der Waals surface area contributed by atoms with Crippen LogP contribution in [0.15, 0.2) is 22.6 Å². The molecule has 2 aliphatic heterocycles. The van der Waals surface area contributed by atoms with Crippen LogP contribution in [-0.2, 0) is 6.54 Å². The number of nitrogens with zero attached hydrogens (tertiary/aromatic N) is 3. The number of aryl methyl sites for hydroxylation is 1. The number of halogens is 1. The van der Waals surface area contributed by atoms with Gasteiger partial charge in [0.25, 0.3) is 0 Å². The number of oxazole rings is 1. The third kappa shape index (κ3) is 3.73. The van der Waals surface area contributed by atoms with Gasteiger partial charge in [-0.15, -0.1) is 0 Å². The summed E-state index contributed by atoms with van der Waals surface area (Å²) in [5.41, 5.74) is 1.26. The lowest BCUT2D eigenvalue weighted by Crippen LogP contribution is -2.61. The molecule has 0 spiro atoms. The van der Waals surface area contributed by atoms with Crippen LogP contribution in [0.3, 0.4) is 0 Å². The summed E-state index contributed by atoms with van der Waals surface area (Å²) in [5, 5.41) is 0. The van der Waals surface area contributed by atoms with Crippen molar-refractivity contribution in [3.05, 3.63) is 35.5 Å². The predicted octanol–water partition coefficient (Wildman–Crippen LogP) is 3.86. The van der Waals surface area contributed by atoms with E-state index in [1.807, 2.05) is 6.92 Å². The Morgan fingerprint density at radius 1 is 1.30 bits per heavy atom. The van der Waals surface area contributed by atoms with Crippen molar-refractivity contribution in [2.24, 2.45) is 0 Å². The molecule has 2 aromatic rings. The minimum atomic E-state index is -0.384. The van der Waals surface area contributed by atoms with E-state index in [0.29, 0.717) is 29.3 Å². The van der Waals surface area contributed by atoms with Gasteiger partial charge in [0.1, 0.15) is 17.3 Å². The number of likely N-dealkylation sites (tertiary alicyclic amines) is 2. The van der Waals surface area contributed by atoms with E-state index >= 15 is 0 Å². The molecule has 2 fully saturated rings. The number of piperidine rings is 1. The zero-order chi connectivity index (χ0) is 19.0. The van der Waals surface area contributed by atoms with E-state index in [0.717, 1.165) is 31.1 Å². The zero-order valence-electron chi connectivity index (χ0n) is 16.4. The maximum atomic E-state index is 14.3. The summed E-state index contributed by atoms with van der Waals surface area (Å²) in [4.78, 5) is 9.62. The van der Waals surface area contributed by atoms with Gasteiger partial charge in [-0.25, -0.2) is 9.37 Å². The van der Waals surface area contributed by atoms with Crippen molar-refractivity contribution < 1.29 is 13.5 Å². The molecule has 5 nitrogen and oxygen atoms in total. The maximum absolute atomic E-state index is 14.3. The Morgan fingerprint density at radius 2 is 2.11 bits per heavy atom. The van der Waals surface area contributed by atoms with Crippen molar-refractivity contribution in [3.63, 3.8) is 0 Å². The molecule has 6 heteroatoms. The SMILES string of the molecule is COc1ccc(-c2nc(CN3CC(N4CCCCC4C)C3)c(C)o2)c(F)c1. The van der Waals surface area contributed by atoms with Crippen molar-refractivity contribution in [2.45, 2.75) is 51.7 Å². The topological polar surface area (TPSA) is 41.7 Å². The van der Waals surface area contributed by atoms with E-state index in [2.05, 4.69) is 21.7 Å². The van der Waals surface area contributed by atoms with Gasteiger partial charge < -0.3 is 9.15 Å². The number of hydrogen-bond acceptors (Lipinski definition) is 5. The van der Waals surface area contributed by atoms with E-state index in [4.69, 9.17) is 9.15 Å². The first kappa shape index (κ1) is 18.4. The van der Waals surface area contributed by atoms with Crippen LogP contribution in [0.4, 0.5) is 4.39 Å². The van der Waals surface area contributed by atoms with E-state index in [1.165, 1.54) is 39.0 Å². The molecule has 0 bridgehead atoms. The first-order chi connectivity index (χ1) is 13.0. The molecular formula is C21H28FN3O2. The summed E-state index contributed by atoms with van der Waals surface area (Å²) in [6.07, 6.45) is 3.99. The maximum Gasteiger partial charge on any atom is 0.229 e. The lowest BCUT2D eigenvalue weighted by Gasteiger charge is -2.49. The summed E-state index contributed by atoms with van der Waals surface area (Å²) >= 11 is 0. The Bertz CT molecular complexity index is 801. The molecule has 2 aliphatic rings. The van der Waals surface area contributed by atoms with Gasteiger partial charge in [0.2, 0.25) is 5.89 Å². The second-order valence-electron chi connectivity index (χ2n) is 7.80. The van der Waals surface area contributed by atoms with Gasteiger partial charge in [0.05, 0.1) is 18.4 Å². The minimum absolute atomic E-state index is 0.337. The molecule has 1 aromatic carbocycles. The van der Waals surface area contributed by atoms with Crippen molar-refractivity contribution in [1.29, 1.82) is 0 Å². The summed E-state index contributed by atoms with van der Waals surface area (Å²) < 4.78 is 25.1. The van der Waals surface area contributed by atoms with E-state index < -0.39 is 0 Å². The number of ether oxygens (including phenoxy) is 1. The smallest absolute Gasteiger partial charge is 0.229 e. The highest BCUT2D eigenvalue weighted by Crippen LogP contribution is 2.29. The van der Waals surface area contributed by atoms with Crippen LogP contribution in [0.1, 0.15) is 37.6 Å². The average molecular weight is 373 g/mol. The third-order valence-electron chi connectivity index (χ3n) is 5.93. The van der Waals surface area contributed by atoms with E-state index in [-0.39, 0.29) is 5.82 Å². The molecule has 0 saturated carbocycles. The van der Waals surface area contributed by atoms with Crippen LogP contribution in [-0.4, -0.2) is 53.6 Å². The fourth-order valence-corrected chi connectivity index (χ4v) is 4.24. The van der Waals surface area contributed by atoms with Crippen molar-refractivity contribution >= 4 is 0 Å². The summed E-state index contributed by atoms with van der Waals surface area (Å²) in [7, 11) is 1.52. The van der Waals surface area contributed by atoms with Crippen LogP contribution in [0, 0.1) is 12.7 Å². The Morgan fingerprint density at radius 3 is 2.81 bits per heavy atom. The number of benzene rings is 1. The fourth-order valence-electron chi connectivity index (χ4n) is 4.24. The zero-order valence-corrected chi connectivity index (χ0v) is 16.4. The Labute approximate surface area is 160 Å². The Kier molecular flexibility index (Phi) is 5.19. The number of aromatic nitrogens is 1. The van der Waals surface area contributed by atoms with Crippen LogP contribution in [0.25, 0.3) is 11.5 Å². The largest absolute Gasteiger partial charge is 0.497 e. The second-order valence-corrected chi connectivity index (χ2v) is 7.80. The standard InChI is InChI=1S/C21H28FN3O2/c1-14-6-4-5-9-25(14)16-11-24(12-16)13-20-15(2)27-21(23-20)18-8-7-17(26-3)10-19(18)22/h7-8,10,14,16H,4-6,9,11-13H2,1-3H3. The van der Waals surface area contributed by atoms with Crippen LogP contribution < -0.4 is 4.74 Å². The van der Waals surface area contributed by atoms with Crippen LogP contribution >= 0.6 is 0 Å². The molecule has 1 aromatic heterocycles. The molecule has 1 unspecified atom stereocenters. The quantitative estimate of drug-likeness (QED) is 0.796. The average Bonchev–Trinajstić information content (AvgIpc) is 2.98. The van der Waals surface area contributed by atoms with Crippen molar-refractivity contribution in [3.8, 4) is 17.2 Å². The lowest BCUT2D eigenvalue weighted by molar-refractivity contribution is -0.00685. The molecular weight excluding hydrogens is 345 g/mol. The third-order valence-corrected chi connectivity index (χ3v) is 5.93.